The summed E-state index contributed by atoms with van der Waals surface area (Å²) >= 11 is 18.0. The smallest absolute Gasteiger partial charge is 0.169 e. The highest BCUT2D eigenvalue weighted by Gasteiger charge is 2.09. The van der Waals surface area contributed by atoms with E-state index in [-0.39, 0.29) is 0 Å². The largest absolute Gasteiger partial charge is 0.493 e. The summed E-state index contributed by atoms with van der Waals surface area (Å²) in [6.07, 6.45) is 1.59. The molecule has 2 aromatic rings. The lowest BCUT2D eigenvalue weighted by Gasteiger charge is -2.10. The summed E-state index contributed by atoms with van der Waals surface area (Å²) in [5.41, 5.74) is 4.02. The number of nitrogens with one attached hydrogen (secondary N) is 1. The number of nitrogens with zero attached hydrogens (tertiary/aromatic N) is 1. The van der Waals surface area contributed by atoms with E-state index in [0.29, 0.717) is 32.3 Å². The fourth-order valence-electron chi connectivity index (χ4n) is 1.83. The molecular weight excluding hydrogens is 347 g/mol. The Morgan fingerprint density at radius 2 is 1.73 bits per heavy atom. The molecule has 0 aliphatic rings. The van der Waals surface area contributed by atoms with E-state index in [2.05, 4.69) is 10.5 Å². The van der Waals surface area contributed by atoms with Crippen LogP contribution in [0.2, 0.25) is 15.1 Å². The van der Waals surface area contributed by atoms with Gasteiger partial charge < -0.3 is 9.47 Å². The van der Waals surface area contributed by atoms with Gasteiger partial charge in [-0.3, -0.25) is 5.43 Å². The molecule has 0 amide bonds. The van der Waals surface area contributed by atoms with Gasteiger partial charge in [-0.05, 0) is 24.3 Å². The van der Waals surface area contributed by atoms with Gasteiger partial charge in [0.15, 0.2) is 11.5 Å². The number of hydrogen-bond donors (Lipinski definition) is 1. The van der Waals surface area contributed by atoms with Gasteiger partial charge >= 0.3 is 0 Å². The van der Waals surface area contributed by atoms with E-state index in [4.69, 9.17) is 44.3 Å². The molecule has 0 aliphatic carbocycles. The van der Waals surface area contributed by atoms with Crippen LogP contribution >= 0.6 is 34.8 Å². The summed E-state index contributed by atoms with van der Waals surface area (Å²) in [5, 5.41) is 5.35. The minimum absolute atomic E-state index is 0.382. The molecular formula is C15H13Cl3N2O2. The number of halogens is 3. The molecule has 22 heavy (non-hydrogen) atoms. The zero-order chi connectivity index (χ0) is 16.1. The van der Waals surface area contributed by atoms with Gasteiger partial charge in [0.2, 0.25) is 0 Å². The highest BCUT2D eigenvalue weighted by Crippen LogP contribution is 2.34. The quantitative estimate of drug-likeness (QED) is 0.596. The lowest BCUT2D eigenvalue weighted by molar-refractivity contribution is 0.354. The number of anilines is 1. The first-order chi connectivity index (χ1) is 10.6. The lowest BCUT2D eigenvalue weighted by Crippen LogP contribution is -1.97. The van der Waals surface area contributed by atoms with E-state index in [0.717, 1.165) is 5.56 Å². The van der Waals surface area contributed by atoms with Gasteiger partial charge in [0.25, 0.3) is 0 Å². The molecule has 0 aromatic heterocycles. The minimum Gasteiger partial charge on any atom is -0.493 e. The topological polar surface area (TPSA) is 42.8 Å². The Morgan fingerprint density at radius 1 is 1.05 bits per heavy atom. The summed E-state index contributed by atoms with van der Waals surface area (Å²) in [6, 6.07) is 8.65. The summed E-state index contributed by atoms with van der Waals surface area (Å²) in [6.45, 7) is 0. The van der Waals surface area contributed by atoms with Crippen LogP contribution in [-0.4, -0.2) is 20.4 Å². The predicted octanol–water partition coefficient (Wildman–Crippen LogP) is 5.11. The fraction of sp³-hybridized carbons (Fsp3) is 0.133. The second-order valence-electron chi connectivity index (χ2n) is 4.20. The predicted molar refractivity (Wildman–Crippen MR) is 92.2 cm³/mol. The molecule has 4 nitrogen and oxygen atoms in total. The van der Waals surface area contributed by atoms with Gasteiger partial charge in [0.1, 0.15) is 0 Å². The van der Waals surface area contributed by atoms with Crippen LogP contribution in [0.25, 0.3) is 0 Å². The van der Waals surface area contributed by atoms with E-state index in [1.54, 1.807) is 38.6 Å². The van der Waals surface area contributed by atoms with Crippen LogP contribution in [-0.2, 0) is 0 Å². The Labute approximate surface area is 143 Å². The number of methoxy groups -OCH3 is 2. The Bertz CT molecular complexity index is 682. The molecule has 0 radical (unpaired) electrons. The van der Waals surface area contributed by atoms with Gasteiger partial charge in [-0.15, -0.1) is 0 Å². The van der Waals surface area contributed by atoms with Crippen molar-refractivity contribution in [3.05, 3.63) is 51.0 Å². The molecule has 0 spiro atoms. The molecule has 7 heteroatoms. The molecule has 2 rings (SSSR count). The molecule has 0 fully saturated rings. The zero-order valence-corrected chi connectivity index (χ0v) is 14.1. The number of para-hydroxylation sites is 1. The van der Waals surface area contributed by atoms with Crippen molar-refractivity contribution in [2.24, 2.45) is 5.10 Å². The first-order valence-corrected chi connectivity index (χ1v) is 7.34. The molecule has 0 unspecified atom stereocenters. The summed E-state index contributed by atoms with van der Waals surface area (Å²) in [5.74, 6) is 1.21. The van der Waals surface area contributed by atoms with Gasteiger partial charge in [0, 0.05) is 10.6 Å². The van der Waals surface area contributed by atoms with E-state index in [9.17, 15) is 0 Å². The van der Waals surface area contributed by atoms with Crippen LogP contribution < -0.4 is 14.9 Å². The average molecular weight is 360 g/mol. The van der Waals surface area contributed by atoms with Crippen LogP contribution in [0.15, 0.2) is 35.4 Å². The highest BCUT2D eigenvalue weighted by atomic mass is 35.5. The monoisotopic (exact) mass is 358 g/mol. The Kier molecular flexibility index (Phi) is 5.77. The third-order valence-corrected chi connectivity index (χ3v) is 3.63. The highest BCUT2D eigenvalue weighted by molar-refractivity contribution is 6.41. The van der Waals surface area contributed by atoms with Crippen molar-refractivity contribution in [3.8, 4) is 11.5 Å². The summed E-state index contributed by atoms with van der Waals surface area (Å²) in [7, 11) is 3.14. The van der Waals surface area contributed by atoms with E-state index in [1.165, 1.54) is 0 Å². The van der Waals surface area contributed by atoms with Crippen LogP contribution in [0, 0.1) is 0 Å². The molecule has 0 heterocycles. The van der Waals surface area contributed by atoms with Crippen LogP contribution in [0.3, 0.4) is 0 Å². The zero-order valence-electron chi connectivity index (χ0n) is 11.9. The molecule has 0 aliphatic heterocycles. The number of benzene rings is 2. The summed E-state index contributed by atoms with van der Waals surface area (Å²) < 4.78 is 10.5. The molecule has 0 saturated carbocycles. The van der Waals surface area contributed by atoms with E-state index >= 15 is 0 Å². The maximum absolute atomic E-state index is 6.07. The second kappa shape index (κ2) is 7.58. The molecule has 116 valence electrons. The van der Waals surface area contributed by atoms with Crippen molar-refractivity contribution in [3.63, 3.8) is 0 Å². The van der Waals surface area contributed by atoms with Gasteiger partial charge in [0.05, 0.1) is 36.2 Å². The van der Waals surface area contributed by atoms with Crippen LogP contribution in [0.1, 0.15) is 5.56 Å². The average Bonchev–Trinajstić information content (AvgIpc) is 2.49. The van der Waals surface area contributed by atoms with Crippen molar-refractivity contribution in [1.82, 2.24) is 0 Å². The molecule has 0 atom stereocenters. The fourth-order valence-corrected chi connectivity index (χ4v) is 2.73. The second-order valence-corrected chi connectivity index (χ2v) is 5.45. The van der Waals surface area contributed by atoms with E-state index < -0.39 is 0 Å². The molecule has 2 aromatic carbocycles. The maximum Gasteiger partial charge on any atom is 0.169 e. The molecule has 1 N–H and O–H groups in total. The van der Waals surface area contributed by atoms with Crippen molar-refractivity contribution < 1.29 is 9.47 Å². The first kappa shape index (κ1) is 16.7. The van der Waals surface area contributed by atoms with Crippen LogP contribution in [0.4, 0.5) is 5.69 Å². The van der Waals surface area contributed by atoms with Crippen molar-refractivity contribution >= 4 is 46.7 Å². The molecule has 0 bridgehead atoms. The SMILES string of the molecule is COc1cccc(C=NNc2c(Cl)cc(Cl)cc2Cl)c1OC. The number of ether oxygens (including phenoxy) is 2. The standard InChI is InChI=1S/C15H13Cl3N2O2/c1-21-13-5-3-4-9(15(13)22-2)8-19-20-14-11(17)6-10(16)7-12(14)18/h3-8,20H,1-2H3. The van der Waals surface area contributed by atoms with E-state index in [1.807, 2.05) is 12.1 Å². The first-order valence-electron chi connectivity index (χ1n) is 6.21. The van der Waals surface area contributed by atoms with Gasteiger partial charge in [-0.1, -0.05) is 40.9 Å². The van der Waals surface area contributed by atoms with Gasteiger partial charge in [-0.2, -0.15) is 5.10 Å². The van der Waals surface area contributed by atoms with Crippen molar-refractivity contribution in [2.75, 3.05) is 19.6 Å². The number of hydrogen-bond acceptors (Lipinski definition) is 4. The summed E-state index contributed by atoms with van der Waals surface area (Å²) in [4.78, 5) is 0. The Hall–Kier alpha value is -1.62. The third-order valence-electron chi connectivity index (χ3n) is 2.82. The van der Waals surface area contributed by atoms with Crippen LogP contribution in [0.5, 0.6) is 11.5 Å². The number of hydrazone groups is 1. The third kappa shape index (κ3) is 3.77. The van der Waals surface area contributed by atoms with Crippen molar-refractivity contribution in [1.29, 1.82) is 0 Å². The maximum atomic E-state index is 6.07. The molecule has 0 saturated heterocycles. The Balaban J connectivity index is 2.24. The minimum atomic E-state index is 0.382. The number of rotatable bonds is 5. The van der Waals surface area contributed by atoms with Crippen molar-refractivity contribution in [2.45, 2.75) is 0 Å². The Morgan fingerprint density at radius 3 is 2.32 bits per heavy atom. The normalized spacial score (nSPS) is 10.8. The van der Waals surface area contributed by atoms with Gasteiger partial charge in [-0.25, -0.2) is 0 Å². The lowest BCUT2D eigenvalue weighted by atomic mass is 10.2.